The summed E-state index contributed by atoms with van der Waals surface area (Å²) in [5.41, 5.74) is 0. The average Bonchev–Trinajstić information content (AvgIpc) is 2.78. The fourth-order valence-corrected chi connectivity index (χ4v) is 3.44. The predicted molar refractivity (Wildman–Crippen MR) is 78.8 cm³/mol. The van der Waals surface area contributed by atoms with Gasteiger partial charge in [0.05, 0.1) is 6.61 Å². The zero-order valence-corrected chi connectivity index (χ0v) is 13.7. The molecule has 0 aliphatic carbocycles. The van der Waals surface area contributed by atoms with Gasteiger partial charge in [0, 0.05) is 0 Å². The van der Waals surface area contributed by atoms with Crippen LogP contribution < -0.4 is 5.14 Å². The third-order valence-corrected chi connectivity index (χ3v) is 4.15. The van der Waals surface area contributed by atoms with Crippen LogP contribution in [0.4, 0.5) is 0 Å². The van der Waals surface area contributed by atoms with E-state index < -0.39 is 46.5 Å². The number of rotatable bonds is 3. The summed E-state index contributed by atoms with van der Waals surface area (Å²) in [6.45, 7) is 6.71. The van der Waals surface area contributed by atoms with Gasteiger partial charge in [-0.1, -0.05) is 0 Å². The summed E-state index contributed by atoms with van der Waals surface area (Å²) in [4.78, 5) is 0. The van der Waals surface area contributed by atoms with Crippen molar-refractivity contribution in [1.82, 2.24) is 0 Å². The van der Waals surface area contributed by atoms with E-state index in [1.807, 2.05) is 0 Å². The van der Waals surface area contributed by atoms with Crippen molar-refractivity contribution in [3.8, 4) is 0 Å². The summed E-state index contributed by atoms with van der Waals surface area (Å²) in [5, 5.41) is 4.89. The van der Waals surface area contributed by atoms with Crippen molar-refractivity contribution in [3.63, 3.8) is 0 Å². The summed E-state index contributed by atoms with van der Waals surface area (Å²) in [7, 11) is -4.14. The molecular weight excluding hydrogens is 325 g/mol. The van der Waals surface area contributed by atoms with Crippen molar-refractivity contribution in [1.29, 1.82) is 0 Å². The molecule has 0 saturated carbocycles. The minimum atomic E-state index is -4.14. The first-order valence-corrected chi connectivity index (χ1v) is 8.43. The second-order valence-corrected chi connectivity index (χ2v) is 7.78. The standard InChI is InChI=1S/C12H21NO8S.Li.H/c1-10(2)18-7-5-16-12(6-17-22(13,14)15)9(8(7)19-10)20-11(3,4)21-12;;/h7-9H,5-6H2,1-4H3,(H2,13,14,15);;/t7-,8-,9+,12+;;/m1../s1. The van der Waals surface area contributed by atoms with Gasteiger partial charge >= 0.3 is 29.2 Å². The maximum absolute atomic E-state index is 11.1. The number of hydrogen-bond donors (Lipinski definition) is 1. The normalized spacial score (nSPS) is 41.0. The zero-order chi connectivity index (χ0) is 16.4. The molecule has 130 valence electrons. The van der Waals surface area contributed by atoms with Crippen LogP contribution >= 0.6 is 0 Å². The molecule has 0 bridgehead atoms. The molecule has 0 unspecified atom stereocenters. The molecule has 4 atom stereocenters. The molecule has 3 rings (SSSR count). The Labute approximate surface area is 147 Å². The van der Waals surface area contributed by atoms with Crippen LogP contribution in [-0.2, 0) is 38.2 Å². The molecule has 23 heavy (non-hydrogen) atoms. The second-order valence-electron chi connectivity index (χ2n) is 6.56. The summed E-state index contributed by atoms with van der Waals surface area (Å²) >= 11 is 0. The molecule has 9 nitrogen and oxygen atoms in total. The molecule has 0 aromatic heterocycles. The van der Waals surface area contributed by atoms with Gasteiger partial charge in [-0.05, 0) is 27.7 Å². The topological polar surface area (TPSA) is 116 Å². The van der Waals surface area contributed by atoms with Gasteiger partial charge in [-0.2, -0.15) is 8.42 Å². The van der Waals surface area contributed by atoms with Gasteiger partial charge < -0.3 is 23.7 Å². The number of hydrogen-bond acceptors (Lipinski definition) is 8. The van der Waals surface area contributed by atoms with E-state index >= 15 is 0 Å². The van der Waals surface area contributed by atoms with Crippen LogP contribution in [0.5, 0.6) is 0 Å². The van der Waals surface area contributed by atoms with Crippen molar-refractivity contribution in [2.24, 2.45) is 5.14 Å². The maximum atomic E-state index is 11.1. The van der Waals surface area contributed by atoms with Crippen LogP contribution in [0, 0.1) is 0 Å². The Bertz CT molecular complexity index is 567. The fraction of sp³-hybridized carbons (Fsp3) is 1.00. The molecule has 11 heteroatoms. The molecule has 0 radical (unpaired) electrons. The molecule has 0 aromatic carbocycles. The van der Waals surface area contributed by atoms with Crippen molar-refractivity contribution >= 4 is 29.2 Å². The van der Waals surface area contributed by atoms with E-state index in [1.54, 1.807) is 27.7 Å². The summed E-state index contributed by atoms with van der Waals surface area (Å²) < 4.78 is 55.9. The van der Waals surface area contributed by atoms with Gasteiger partial charge in [0.1, 0.15) is 24.9 Å². The van der Waals surface area contributed by atoms with Crippen molar-refractivity contribution in [2.75, 3.05) is 13.2 Å². The summed E-state index contributed by atoms with van der Waals surface area (Å²) in [5.74, 6) is -3.19. The van der Waals surface area contributed by atoms with Gasteiger partial charge in [0.25, 0.3) is 0 Å². The Morgan fingerprint density at radius 1 is 1.13 bits per heavy atom. The molecule has 2 N–H and O–H groups in total. The van der Waals surface area contributed by atoms with Gasteiger partial charge in [-0.15, -0.1) is 0 Å². The zero-order valence-electron chi connectivity index (χ0n) is 12.9. The molecular formula is C12H22LiNO8S. The third kappa shape index (κ3) is 3.93. The Hall–Kier alpha value is 0.267. The SMILES string of the molecule is CC1(C)O[C@@H]2[C@@H](CO[C@@]3(COS(N)(=O)=O)OC(C)(C)O[C@@H]23)O1.[LiH]. The fourth-order valence-electron chi connectivity index (χ4n) is 3.11. The first kappa shape index (κ1) is 19.6. The molecule has 0 spiro atoms. The summed E-state index contributed by atoms with van der Waals surface area (Å²) in [6.07, 6.45) is -1.50. The minimum absolute atomic E-state index is 0. The van der Waals surface area contributed by atoms with Gasteiger partial charge in [0.2, 0.25) is 5.79 Å². The monoisotopic (exact) mass is 347 g/mol. The Morgan fingerprint density at radius 3 is 2.39 bits per heavy atom. The van der Waals surface area contributed by atoms with E-state index in [9.17, 15) is 8.42 Å². The van der Waals surface area contributed by atoms with E-state index in [0.29, 0.717) is 0 Å². The van der Waals surface area contributed by atoms with Crippen LogP contribution in [0.3, 0.4) is 0 Å². The molecule has 0 aromatic rings. The quantitative estimate of drug-likeness (QED) is 0.644. The molecule has 3 aliphatic heterocycles. The van der Waals surface area contributed by atoms with Crippen molar-refractivity contribution < 1.29 is 36.3 Å². The molecule has 3 saturated heterocycles. The van der Waals surface area contributed by atoms with Gasteiger partial charge in [0.15, 0.2) is 11.6 Å². The second kappa shape index (κ2) is 5.91. The van der Waals surface area contributed by atoms with Crippen LogP contribution in [0.2, 0.25) is 0 Å². The predicted octanol–water partition coefficient (Wildman–Crippen LogP) is -1.04. The third-order valence-electron chi connectivity index (χ3n) is 3.70. The van der Waals surface area contributed by atoms with E-state index in [4.69, 9.17) is 33.0 Å². The van der Waals surface area contributed by atoms with Crippen LogP contribution in [0.25, 0.3) is 0 Å². The van der Waals surface area contributed by atoms with E-state index in [0.717, 1.165) is 0 Å². The van der Waals surface area contributed by atoms with Gasteiger partial charge in [-0.3, -0.25) is 4.18 Å². The van der Waals surface area contributed by atoms with Crippen LogP contribution in [0.15, 0.2) is 0 Å². The number of nitrogens with two attached hydrogens (primary N) is 1. The number of fused-ring (bicyclic) bond motifs is 3. The first-order chi connectivity index (χ1) is 9.92. The Kier molecular flexibility index (Phi) is 5.04. The summed E-state index contributed by atoms with van der Waals surface area (Å²) in [6, 6.07) is 0. The average molecular weight is 347 g/mol. The van der Waals surface area contributed by atoms with E-state index in [2.05, 4.69) is 0 Å². The molecule has 3 aliphatic rings. The molecule has 0 amide bonds. The Morgan fingerprint density at radius 2 is 1.78 bits per heavy atom. The molecule has 3 fully saturated rings. The van der Waals surface area contributed by atoms with E-state index in [-0.39, 0.29) is 31.6 Å². The molecule has 3 heterocycles. The van der Waals surface area contributed by atoms with Crippen LogP contribution in [0.1, 0.15) is 27.7 Å². The van der Waals surface area contributed by atoms with E-state index in [1.165, 1.54) is 0 Å². The van der Waals surface area contributed by atoms with Crippen molar-refractivity contribution in [2.45, 2.75) is 63.4 Å². The van der Waals surface area contributed by atoms with Gasteiger partial charge in [-0.25, -0.2) is 5.14 Å². The van der Waals surface area contributed by atoms with Crippen molar-refractivity contribution in [3.05, 3.63) is 0 Å². The van der Waals surface area contributed by atoms with Crippen LogP contribution in [-0.4, -0.2) is 76.2 Å². The first-order valence-electron chi connectivity index (χ1n) is 6.96. The number of ether oxygens (including phenoxy) is 5. The Balaban J connectivity index is 0.00000192.